The Hall–Kier alpha value is -1.22. The monoisotopic (exact) mass is 220 g/mol. The third-order valence-corrected chi connectivity index (χ3v) is 2.97. The van der Waals surface area contributed by atoms with E-state index in [2.05, 4.69) is 17.0 Å². The summed E-state index contributed by atoms with van der Waals surface area (Å²) in [5.74, 6) is 0.938. The molecule has 16 heavy (non-hydrogen) atoms. The van der Waals surface area contributed by atoms with Crippen LogP contribution in [0.5, 0.6) is 5.75 Å². The number of hydrogen-bond donors (Lipinski definition) is 1. The maximum atomic E-state index is 5.97. The van der Waals surface area contributed by atoms with Crippen LogP contribution in [0.3, 0.4) is 0 Å². The number of anilines is 1. The molecule has 1 fully saturated rings. The minimum Gasteiger partial charge on any atom is -0.494 e. The molecule has 0 bridgehead atoms. The van der Waals surface area contributed by atoms with Gasteiger partial charge >= 0.3 is 0 Å². The molecule has 88 valence electrons. The van der Waals surface area contributed by atoms with Crippen LogP contribution in [0.15, 0.2) is 24.3 Å². The van der Waals surface area contributed by atoms with Crippen molar-refractivity contribution in [3.63, 3.8) is 0 Å². The minimum atomic E-state index is 0.320. The van der Waals surface area contributed by atoms with Gasteiger partial charge in [-0.25, -0.2) is 0 Å². The molecule has 1 aromatic carbocycles. The number of benzene rings is 1. The van der Waals surface area contributed by atoms with Gasteiger partial charge in [0, 0.05) is 24.8 Å². The van der Waals surface area contributed by atoms with Crippen molar-refractivity contribution in [2.24, 2.45) is 5.73 Å². The second kappa shape index (κ2) is 5.21. The maximum Gasteiger partial charge on any atom is 0.119 e. The molecule has 0 radical (unpaired) electrons. The van der Waals surface area contributed by atoms with E-state index in [0.29, 0.717) is 12.6 Å². The predicted molar refractivity (Wildman–Crippen MR) is 67.0 cm³/mol. The Morgan fingerprint density at radius 1 is 1.38 bits per heavy atom. The maximum absolute atomic E-state index is 5.97. The van der Waals surface area contributed by atoms with Crippen molar-refractivity contribution >= 4 is 5.69 Å². The van der Waals surface area contributed by atoms with E-state index in [1.807, 2.05) is 19.1 Å². The Bertz CT molecular complexity index is 323. The lowest BCUT2D eigenvalue weighted by atomic mass is 10.1. The Morgan fingerprint density at radius 2 is 2.12 bits per heavy atom. The van der Waals surface area contributed by atoms with E-state index in [-0.39, 0.29) is 0 Å². The van der Waals surface area contributed by atoms with Crippen LogP contribution in [0.1, 0.15) is 19.8 Å². The third kappa shape index (κ3) is 2.67. The molecule has 1 atom stereocenters. The Labute approximate surface area is 97.2 Å². The number of hydrogen-bond acceptors (Lipinski definition) is 3. The zero-order valence-corrected chi connectivity index (χ0v) is 9.86. The second-order valence-electron chi connectivity index (χ2n) is 4.28. The molecule has 0 spiro atoms. The summed E-state index contributed by atoms with van der Waals surface area (Å²) < 4.78 is 5.43. The molecule has 1 unspecified atom stereocenters. The zero-order valence-electron chi connectivity index (χ0n) is 9.86. The van der Waals surface area contributed by atoms with Gasteiger partial charge in [0.25, 0.3) is 0 Å². The Morgan fingerprint density at radius 3 is 2.75 bits per heavy atom. The molecule has 1 aliphatic heterocycles. The molecule has 3 nitrogen and oxygen atoms in total. The van der Waals surface area contributed by atoms with Gasteiger partial charge in [-0.1, -0.05) is 0 Å². The number of rotatable bonds is 3. The predicted octanol–water partition coefficient (Wildman–Crippen LogP) is 2.01. The SMILES string of the molecule is CCOc1ccc(N2CCCC(N)C2)cc1. The largest absolute Gasteiger partial charge is 0.494 e. The fourth-order valence-electron chi connectivity index (χ4n) is 2.16. The van der Waals surface area contributed by atoms with Crippen LogP contribution in [0, 0.1) is 0 Å². The summed E-state index contributed by atoms with van der Waals surface area (Å²) in [5.41, 5.74) is 7.22. The normalized spacial score (nSPS) is 20.9. The van der Waals surface area contributed by atoms with Crippen LogP contribution in [-0.2, 0) is 0 Å². The standard InChI is InChI=1S/C13H20N2O/c1-2-16-13-7-5-12(6-8-13)15-9-3-4-11(14)10-15/h5-8,11H,2-4,9-10,14H2,1H3. The van der Waals surface area contributed by atoms with Gasteiger partial charge in [0.15, 0.2) is 0 Å². The molecule has 0 aliphatic carbocycles. The van der Waals surface area contributed by atoms with Crippen molar-refractivity contribution in [2.45, 2.75) is 25.8 Å². The fraction of sp³-hybridized carbons (Fsp3) is 0.538. The molecular formula is C13H20N2O. The molecule has 1 aromatic rings. The van der Waals surface area contributed by atoms with Gasteiger partial charge < -0.3 is 15.4 Å². The Kier molecular flexibility index (Phi) is 3.67. The second-order valence-corrected chi connectivity index (χ2v) is 4.28. The van der Waals surface area contributed by atoms with Gasteiger partial charge in [0.05, 0.1) is 6.61 Å². The summed E-state index contributed by atoms with van der Waals surface area (Å²) in [6.45, 7) is 4.79. The quantitative estimate of drug-likeness (QED) is 0.847. The highest BCUT2D eigenvalue weighted by molar-refractivity contribution is 5.49. The van der Waals surface area contributed by atoms with Crippen molar-refractivity contribution in [1.29, 1.82) is 0 Å². The third-order valence-electron chi connectivity index (χ3n) is 2.97. The van der Waals surface area contributed by atoms with Gasteiger partial charge in [0.2, 0.25) is 0 Å². The summed E-state index contributed by atoms with van der Waals surface area (Å²) in [6, 6.07) is 8.60. The lowest BCUT2D eigenvalue weighted by molar-refractivity contribution is 0.340. The van der Waals surface area contributed by atoms with Crippen LogP contribution in [0.2, 0.25) is 0 Å². The summed E-state index contributed by atoms with van der Waals surface area (Å²) >= 11 is 0. The number of piperidine rings is 1. The van der Waals surface area contributed by atoms with Gasteiger partial charge in [-0.05, 0) is 44.0 Å². The first-order valence-corrected chi connectivity index (χ1v) is 6.03. The zero-order chi connectivity index (χ0) is 11.4. The molecule has 2 rings (SSSR count). The van der Waals surface area contributed by atoms with Crippen molar-refractivity contribution in [3.05, 3.63) is 24.3 Å². The van der Waals surface area contributed by atoms with Crippen molar-refractivity contribution in [1.82, 2.24) is 0 Å². The van der Waals surface area contributed by atoms with Crippen molar-refractivity contribution in [3.8, 4) is 5.75 Å². The molecular weight excluding hydrogens is 200 g/mol. The molecule has 0 saturated carbocycles. The van der Waals surface area contributed by atoms with Crippen LogP contribution in [0.4, 0.5) is 5.69 Å². The van der Waals surface area contributed by atoms with Crippen LogP contribution in [-0.4, -0.2) is 25.7 Å². The van der Waals surface area contributed by atoms with E-state index < -0.39 is 0 Å². The van der Waals surface area contributed by atoms with Gasteiger partial charge in [0.1, 0.15) is 5.75 Å². The molecule has 3 heteroatoms. The topological polar surface area (TPSA) is 38.5 Å². The van der Waals surface area contributed by atoms with Crippen LogP contribution >= 0.6 is 0 Å². The Balaban J connectivity index is 2.03. The number of nitrogens with zero attached hydrogens (tertiary/aromatic N) is 1. The summed E-state index contributed by atoms with van der Waals surface area (Å²) in [5, 5.41) is 0. The summed E-state index contributed by atoms with van der Waals surface area (Å²) in [6.07, 6.45) is 2.34. The van der Waals surface area contributed by atoms with Crippen molar-refractivity contribution < 1.29 is 4.74 Å². The van der Waals surface area contributed by atoms with E-state index in [1.165, 1.54) is 12.1 Å². The van der Waals surface area contributed by atoms with E-state index in [1.54, 1.807) is 0 Å². The summed E-state index contributed by atoms with van der Waals surface area (Å²) in [7, 11) is 0. The van der Waals surface area contributed by atoms with Gasteiger partial charge in [-0.2, -0.15) is 0 Å². The van der Waals surface area contributed by atoms with E-state index in [4.69, 9.17) is 10.5 Å². The molecule has 0 amide bonds. The summed E-state index contributed by atoms with van der Waals surface area (Å²) in [4.78, 5) is 2.35. The lowest BCUT2D eigenvalue weighted by Crippen LogP contribution is -2.42. The van der Waals surface area contributed by atoms with Crippen molar-refractivity contribution in [2.75, 3.05) is 24.6 Å². The average Bonchev–Trinajstić information content (AvgIpc) is 2.30. The van der Waals surface area contributed by atoms with E-state index in [0.717, 1.165) is 25.3 Å². The highest BCUT2D eigenvalue weighted by Gasteiger charge is 2.16. The van der Waals surface area contributed by atoms with Crippen LogP contribution in [0.25, 0.3) is 0 Å². The number of ether oxygens (including phenoxy) is 1. The number of nitrogens with two attached hydrogens (primary N) is 1. The van der Waals surface area contributed by atoms with Gasteiger partial charge in [-0.15, -0.1) is 0 Å². The van der Waals surface area contributed by atoms with Crippen LogP contribution < -0.4 is 15.4 Å². The molecule has 0 aromatic heterocycles. The lowest BCUT2D eigenvalue weighted by Gasteiger charge is -2.32. The highest BCUT2D eigenvalue weighted by Crippen LogP contribution is 2.22. The molecule has 1 saturated heterocycles. The van der Waals surface area contributed by atoms with E-state index >= 15 is 0 Å². The molecule has 2 N–H and O–H groups in total. The first-order chi connectivity index (χ1) is 7.79. The fourth-order valence-corrected chi connectivity index (χ4v) is 2.16. The highest BCUT2D eigenvalue weighted by atomic mass is 16.5. The smallest absolute Gasteiger partial charge is 0.119 e. The average molecular weight is 220 g/mol. The molecule has 1 aliphatic rings. The molecule has 1 heterocycles. The minimum absolute atomic E-state index is 0.320. The first kappa shape index (κ1) is 11.3. The van der Waals surface area contributed by atoms with E-state index in [9.17, 15) is 0 Å². The van der Waals surface area contributed by atoms with Gasteiger partial charge in [-0.3, -0.25) is 0 Å². The first-order valence-electron chi connectivity index (χ1n) is 6.03.